The van der Waals surface area contributed by atoms with E-state index in [4.69, 9.17) is 5.41 Å². The lowest BCUT2D eigenvalue weighted by atomic mass is 10.2. The number of amidine groups is 1. The van der Waals surface area contributed by atoms with Crippen LogP contribution in [-0.4, -0.2) is 17.8 Å². The van der Waals surface area contributed by atoms with Gasteiger partial charge in [-0.2, -0.15) is 0 Å². The quantitative estimate of drug-likeness (QED) is 0.625. The molecule has 1 aromatic carbocycles. The Morgan fingerprint density at radius 2 is 2.23 bits per heavy atom. The predicted molar refractivity (Wildman–Crippen MR) is 59.0 cm³/mol. The van der Waals surface area contributed by atoms with Crippen LogP contribution in [0, 0.1) is 5.41 Å². The van der Waals surface area contributed by atoms with Gasteiger partial charge < -0.3 is 4.90 Å². The molecule has 0 heterocycles. The second-order valence-electron chi connectivity index (χ2n) is 3.07. The number of nitrogens with one attached hydrogen (secondary N) is 1. The van der Waals surface area contributed by atoms with Gasteiger partial charge in [-0.05, 0) is 24.6 Å². The molecule has 0 atom stereocenters. The molecule has 0 spiro atoms. The zero-order valence-corrected chi connectivity index (χ0v) is 9.43. The van der Waals surface area contributed by atoms with Gasteiger partial charge in [0.25, 0.3) is 0 Å². The Morgan fingerprint density at radius 3 is 2.77 bits per heavy atom. The first-order valence-corrected chi connectivity index (χ1v) is 4.89. The summed E-state index contributed by atoms with van der Waals surface area (Å²) in [4.78, 5) is 1.90. The van der Waals surface area contributed by atoms with Gasteiger partial charge in [-0.25, -0.2) is 0 Å². The smallest absolute Gasteiger partial charge is 0.0926 e. The standard InChI is InChI=1S/C10H13BrN2/c1-8(12)13(2)7-9-4-3-5-10(11)6-9/h3-6,12H,7H2,1-2H3. The maximum atomic E-state index is 7.42. The van der Waals surface area contributed by atoms with Gasteiger partial charge in [-0.1, -0.05) is 28.1 Å². The molecule has 0 aliphatic rings. The Labute approximate surface area is 87.2 Å². The van der Waals surface area contributed by atoms with Crippen LogP contribution >= 0.6 is 15.9 Å². The van der Waals surface area contributed by atoms with Crippen LogP contribution in [0.2, 0.25) is 0 Å². The van der Waals surface area contributed by atoms with Gasteiger partial charge in [0.15, 0.2) is 0 Å². The van der Waals surface area contributed by atoms with Crippen molar-refractivity contribution in [3.05, 3.63) is 34.3 Å². The lowest BCUT2D eigenvalue weighted by Gasteiger charge is -2.17. The minimum absolute atomic E-state index is 0.583. The molecule has 70 valence electrons. The van der Waals surface area contributed by atoms with E-state index < -0.39 is 0 Å². The fourth-order valence-electron chi connectivity index (χ4n) is 1.03. The first-order chi connectivity index (χ1) is 6.09. The molecule has 1 aromatic rings. The van der Waals surface area contributed by atoms with Crippen LogP contribution in [0.3, 0.4) is 0 Å². The van der Waals surface area contributed by atoms with Gasteiger partial charge in [0.05, 0.1) is 5.84 Å². The molecule has 1 N–H and O–H groups in total. The third-order valence-corrected chi connectivity index (χ3v) is 2.37. The molecule has 3 heteroatoms. The zero-order chi connectivity index (χ0) is 9.84. The average Bonchev–Trinajstić information content (AvgIpc) is 2.04. The minimum Gasteiger partial charge on any atom is -0.360 e. The van der Waals surface area contributed by atoms with Gasteiger partial charge in [-0.15, -0.1) is 0 Å². The second-order valence-corrected chi connectivity index (χ2v) is 3.99. The molecule has 0 saturated heterocycles. The van der Waals surface area contributed by atoms with E-state index in [2.05, 4.69) is 28.1 Å². The highest BCUT2D eigenvalue weighted by molar-refractivity contribution is 9.10. The first kappa shape index (κ1) is 10.3. The summed E-state index contributed by atoms with van der Waals surface area (Å²) in [5.41, 5.74) is 1.21. The summed E-state index contributed by atoms with van der Waals surface area (Å²) < 4.78 is 1.08. The third kappa shape index (κ3) is 3.19. The van der Waals surface area contributed by atoms with Crippen molar-refractivity contribution in [3.8, 4) is 0 Å². The SMILES string of the molecule is CC(=N)N(C)Cc1cccc(Br)c1. The van der Waals surface area contributed by atoms with Crippen molar-refractivity contribution in [3.63, 3.8) is 0 Å². The Balaban J connectivity index is 2.69. The summed E-state index contributed by atoms with van der Waals surface area (Å²) >= 11 is 3.42. The van der Waals surface area contributed by atoms with Crippen molar-refractivity contribution in [2.75, 3.05) is 7.05 Å². The first-order valence-electron chi connectivity index (χ1n) is 4.10. The van der Waals surface area contributed by atoms with Crippen LogP contribution in [0.25, 0.3) is 0 Å². The van der Waals surface area contributed by atoms with E-state index in [0.29, 0.717) is 5.84 Å². The molecule has 0 saturated carbocycles. The predicted octanol–water partition coefficient (Wildman–Crippen LogP) is 2.88. The topological polar surface area (TPSA) is 27.1 Å². The number of hydrogen-bond acceptors (Lipinski definition) is 1. The van der Waals surface area contributed by atoms with Crippen LogP contribution in [0.1, 0.15) is 12.5 Å². The highest BCUT2D eigenvalue weighted by Crippen LogP contribution is 2.12. The monoisotopic (exact) mass is 240 g/mol. The number of rotatable bonds is 2. The molecule has 0 unspecified atom stereocenters. The molecule has 0 aromatic heterocycles. The lowest BCUT2D eigenvalue weighted by molar-refractivity contribution is 0.494. The van der Waals surface area contributed by atoms with E-state index in [1.165, 1.54) is 5.56 Å². The fourth-order valence-corrected chi connectivity index (χ4v) is 1.47. The van der Waals surface area contributed by atoms with Crippen molar-refractivity contribution in [1.29, 1.82) is 5.41 Å². The van der Waals surface area contributed by atoms with Crippen LogP contribution in [0.5, 0.6) is 0 Å². The van der Waals surface area contributed by atoms with Gasteiger partial charge in [0, 0.05) is 18.1 Å². The van der Waals surface area contributed by atoms with Crippen LogP contribution < -0.4 is 0 Å². The van der Waals surface area contributed by atoms with Gasteiger partial charge in [0.2, 0.25) is 0 Å². The van der Waals surface area contributed by atoms with E-state index >= 15 is 0 Å². The van der Waals surface area contributed by atoms with Gasteiger partial charge >= 0.3 is 0 Å². The highest BCUT2D eigenvalue weighted by Gasteiger charge is 2.00. The number of benzene rings is 1. The van der Waals surface area contributed by atoms with E-state index in [9.17, 15) is 0 Å². The summed E-state index contributed by atoms with van der Waals surface area (Å²) in [6, 6.07) is 8.14. The van der Waals surface area contributed by atoms with Crippen molar-refractivity contribution >= 4 is 21.8 Å². The summed E-state index contributed by atoms with van der Waals surface area (Å²) in [6.45, 7) is 2.58. The maximum absolute atomic E-state index is 7.42. The van der Waals surface area contributed by atoms with E-state index in [1.807, 2.05) is 24.1 Å². The summed E-state index contributed by atoms with van der Waals surface area (Å²) in [5, 5.41) is 7.42. The maximum Gasteiger partial charge on any atom is 0.0926 e. The molecule has 1 rings (SSSR count). The molecule has 0 bridgehead atoms. The van der Waals surface area contributed by atoms with E-state index in [-0.39, 0.29) is 0 Å². The molecular formula is C10H13BrN2. The van der Waals surface area contributed by atoms with Crippen molar-refractivity contribution in [2.45, 2.75) is 13.5 Å². The average molecular weight is 241 g/mol. The van der Waals surface area contributed by atoms with Gasteiger partial charge in [0.1, 0.15) is 0 Å². The van der Waals surface area contributed by atoms with Crippen molar-refractivity contribution in [2.24, 2.45) is 0 Å². The fraction of sp³-hybridized carbons (Fsp3) is 0.300. The number of nitrogens with zero attached hydrogens (tertiary/aromatic N) is 1. The Bertz CT molecular complexity index is 310. The summed E-state index contributed by atoms with van der Waals surface area (Å²) in [7, 11) is 1.92. The minimum atomic E-state index is 0.583. The molecule has 0 aliphatic carbocycles. The van der Waals surface area contributed by atoms with Crippen molar-refractivity contribution in [1.82, 2.24) is 4.90 Å². The molecule has 0 amide bonds. The van der Waals surface area contributed by atoms with E-state index in [0.717, 1.165) is 11.0 Å². The highest BCUT2D eigenvalue weighted by atomic mass is 79.9. The molecule has 13 heavy (non-hydrogen) atoms. The number of hydrogen-bond donors (Lipinski definition) is 1. The normalized spacial score (nSPS) is 9.77. The van der Waals surface area contributed by atoms with Gasteiger partial charge in [-0.3, -0.25) is 5.41 Å². The Hall–Kier alpha value is -0.830. The largest absolute Gasteiger partial charge is 0.360 e. The van der Waals surface area contributed by atoms with Crippen LogP contribution in [0.4, 0.5) is 0 Å². The zero-order valence-electron chi connectivity index (χ0n) is 7.84. The molecular weight excluding hydrogens is 228 g/mol. The van der Waals surface area contributed by atoms with Crippen LogP contribution in [-0.2, 0) is 6.54 Å². The Kier molecular flexibility index (Phi) is 3.48. The van der Waals surface area contributed by atoms with E-state index in [1.54, 1.807) is 6.92 Å². The lowest BCUT2D eigenvalue weighted by Crippen LogP contribution is -2.22. The van der Waals surface area contributed by atoms with Crippen LogP contribution in [0.15, 0.2) is 28.7 Å². The second kappa shape index (κ2) is 4.42. The Morgan fingerprint density at radius 1 is 1.54 bits per heavy atom. The molecule has 0 fully saturated rings. The molecule has 0 radical (unpaired) electrons. The summed E-state index contributed by atoms with van der Waals surface area (Å²) in [6.07, 6.45) is 0. The molecule has 2 nitrogen and oxygen atoms in total. The summed E-state index contributed by atoms with van der Waals surface area (Å²) in [5.74, 6) is 0.583. The third-order valence-electron chi connectivity index (χ3n) is 1.88. The number of halogens is 1. The van der Waals surface area contributed by atoms with Crippen molar-refractivity contribution < 1.29 is 0 Å². The molecule has 0 aliphatic heterocycles.